The Morgan fingerprint density at radius 1 is 0.485 bits per heavy atom. The number of fused-ring (bicyclic) bond motifs is 8. The van der Waals surface area contributed by atoms with Gasteiger partial charge in [-0.1, -0.05) is 0 Å². The summed E-state index contributed by atoms with van der Waals surface area (Å²) in [5, 5.41) is 0. The molecule has 8 nitrogen and oxygen atoms in total. The van der Waals surface area contributed by atoms with Crippen LogP contribution in [0.2, 0.25) is 0 Å². The zero-order valence-corrected chi connectivity index (χ0v) is 19.5. The predicted octanol–water partition coefficient (Wildman–Crippen LogP) is 4.69. The number of aromatic amines is 2. The largest absolute Gasteiger partial charge is 0.492 e. The van der Waals surface area contributed by atoms with Crippen LogP contribution in [-0.2, 0) is 16.8 Å². The van der Waals surface area contributed by atoms with E-state index < -0.39 is 0 Å². The number of rotatable bonds is 4. The Labute approximate surface area is 200 Å². The second-order valence-electron chi connectivity index (χ2n) is 7.14. The van der Waals surface area contributed by atoms with Crippen LogP contribution in [0.4, 0.5) is 0 Å². The summed E-state index contributed by atoms with van der Waals surface area (Å²) in [7, 11) is 6.48. The Bertz CT molecular complexity index is 1230. The summed E-state index contributed by atoms with van der Waals surface area (Å²) in [6.07, 6.45) is 7.59. The average Bonchev–Trinajstić information content (AvgIpc) is 3.59. The molecule has 1 radical (unpaired) electrons. The van der Waals surface area contributed by atoms with Crippen LogP contribution < -0.4 is 18.9 Å². The van der Waals surface area contributed by atoms with Crippen LogP contribution in [0.15, 0.2) is 24.3 Å². The molecule has 0 saturated heterocycles. The Kier molecular flexibility index (Phi) is 6.17. The standard InChI is InChI=1S/C24H22N4O4.Co/c1-29-21-13-5-7-15(25-13)22(30-2)17-9-11-19(27-17)24(32-4)20-12-10-18(28-20)23(31-3)16-8-6-14(21)26-16;/h5-12,25,28H,1-4H3;. The SMILES string of the molecule is COc1c2nc(c(OC)c3ccc([nH]3)c(OC)c3nc(c(OC)c4ccc1[nH]4)C=C3)C=C2.[Co]. The van der Waals surface area contributed by atoms with Crippen LogP contribution in [0, 0.1) is 0 Å². The topological polar surface area (TPSA) is 94.3 Å². The third-order valence-corrected chi connectivity index (χ3v) is 5.38. The number of methoxy groups -OCH3 is 4. The van der Waals surface area contributed by atoms with E-state index in [1.807, 2.05) is 48.6 Å². The first-order valence-corrected chi connectivity index (χ1v) is 9.99. The maximum absolute atomic E-state index is 5.69. The van der Waals surface area contributed by atoms with E-state index in [0.29, 0.717) is 45.8 Å². The molecule has 2 aliphatic rings. The molecule has 2 aliphatic heterocycles. The molecule has 0 aromatic carbocycles. The van der Waals surface area contributed by atoms with Crippen molar-refractivity contribution in [2.45, 2.75) is 0 Å². The van der Waals surface area contributed by atoms with Gasteiger partial charge in [-0.15, -0.1) is 0 Å². The molecule has 2 N–H and O–H groups in total. The van der Waals surface area contributed by atoms with Gasteiger partial charge in [0.05, 0.1) is 50.5 Å². The third-order valence-electron chi connectivity index (χ3n) is 5.38. The van der Waals surface area contributed by atoms with Crippen molar-refractivity contribution in [3.05, 3.63) is 47.0 Å². The van der Waals surface area contributed by atoms with Crippen LogP contribution in [0.5, 0.6) is 23.0 Å². The van der Waals surface area contributed by atoms with Crippen LogP contribution in [0.25, 0.3) is 46.4 Å². The van der Waals surface area contributed by atoms with E-state index >= 15 is 0 Å². The molecule has 0 spiro atoms. The van der Waals surface area contributed by atoms with E-state index in [2.05, 4.69) is 9.97 Å². The van der Waals surface area contributed by atoms with Crippen molar-refractivity contribution in [1.82, 2.24) is 19.9 Å². The van der Waals surface area contributed by atoms with Crippen molar-refractivity contribution in [1.29, 1.82) is 0 Å². The second kappa shape index (κ2) is 9.04. The summed E-state index contributed by atoms with van der Waals surface area (Å²) in [6.45, 7) is 0. The quantitative estimate of drug-likeness (QED) is 0.381. The molecule has 0 fully saturated rings. The van der Waals surface area contributed by atoms with Gasteiger partial charge in [-0.25, -0.2) is 9.97 Å². The zero-order valence-electron chi connectivity index (χ0n) is 18.5. The first-order valence-electron chi connectivity index (χ1n) is 9.99. The molecule has 5 rings (SSSR count). The van der Waals surface area contributed by atoms with E-state index in [1.165, 1.54) is 0 Å². The fourth-order valence-corrected chi connectivity index (χ4v) is 3.96. The van der Waals surface area contributed by atoms with E-state index in [1.54, 1.807) is 28.4 Å². The molecule has 8 bridgehead atoms. The normalized spacial score (nSPS) is 11.8. The van der Waals surface area contributed by atoms with Crippen LogP contribution in [0.1, 0.15) is 22.8 Å². The Morgan fingerprint density at radius 2 is 0.727 bits per heavy atom. The van der Waals surface area contributed by atoms with Gasteiger partial charge in [-0.2, -0.15) is 0 Å². The molecular weight excluding hydrogens is 467 g/mol. The first-order chi connectivity index (χ1) is 15.7. The third kappa shape index (κ3) is 3.75. The molecule has 9 heteroatoms. The molecular formula is C24H22CoN4O4. The number of nitrogens with one attached hydrogen (secondary N) is 2. The van der Waals surface area contributed by atoms with Gasteiger partial charge in [-0.05, 0) is 48.6 Å². The number of hydrogen-bond acceptors (Lipinski definition) is 6. The average molecular weight is 489 g/mol. The molecule has 0 atom stereocenters. The minimum Gasteiger partial charge on any atom is -0.492 e. The van der Waals surface area contributed by atoms with Crippen LogP contribution >= 0.6 is 0 Å². The van der Waals surface area contributed by atoms with Crippen molar-refractivity contribution >= 4 is 46.4 Å². The van der Waals surface area contributed by atoms with E-state index in [-0.39, 0.29) is 16.8 Å². The van der Waals surface area contributed by atoms with Gasteiger partial charge in [0.2, 0.25) is 0 Å². The van der Waals surface area contributed by atoms with Gasteiger partial charge >= 0.3 is 0 Å². The molecule has 33 heavy (non-hydrogen) atoms. The minimum atomic E-state index is 0. The van der Waals surface area contributed by atoms with Crippen molar-refractivity contribution in [2.24, 2.45) is 0 Å². The molecule has 5 heterocycles. The molecule has 0 saturated carbocycles. The van der Waals surface area contributed by atoms with Crippen molar-refractivity contribution in [2.75, 3.05) is 28.4 Å². The molecule has 0 aliphatic carbocycles. The molecule has 171 valence electrons. The number of ether oxygens (including phenoxy) is 4. The Balaban J connectivity index is 0.00000259. The van der Waals surface area contributed by atoms with Gasteiger partial charge in [-0.3, -0.25) is 0 Å². The van der Waals surface area contributed by atoms with E-state index in [0.717, 1.165) is 22.1 Å². The maximum atomic E-state index is 5.69. The fraction of sp³-hybridized carbons (Fsp3) is 0.167. The summed E-state index contributed by atoms with van der Waals surface area (Å²) >= 11 is 0. The summed E-state index contributed by atoms with van der Waals surface area (Å²) in [5.74, 6) is 2.44. The summed E-state index contributed by atoms with van der Waals surface area (Å²) < 4.78 is 22.8. The number of hydrogen-bond donors (Lipinski definition) is 2. The maximum Gasteiger partial charge on any atom is 0.167 e. The molecule has 0 unspecified atom stereocenters. The van der Waals surface area contributed by atoms with Crippen molar-refractivity contribution in [3.8, 4) is 23.0 Å². The Hall–Kier alpha value is -3.69. The summed E-state index contributed by atoms with van der Waals surface area (Å²) in [4.78, 5) is 16.2. The zero-order chi connectivity index (χ0) is 22.2. The van der Waals surface area contributed by atoms with Gasteiger partial charge in [0.1, 0.15) is 22.8 Å². The minimum absolute atomic E-state index is 0. The fourth-order valence-electron chi connectivity index (χ4n) is 3.96. The molecule has 3 aromatic heterocycles. The summed E-state index contributed by atoms with van der Waals surface area (Å²) in [6, 6.07) is 7.70. The van der Waals surface area contributed by atoms with Gasteiger partial charge in [0.15, 0.2) is 23.0 Å². The van der Waals surface area contributed by atoms with Gasteiger partial charge < -0.3 is 28.9 Å². The summed E-state index contributed by atoms with van der Waals surface area (Å²) in [5.41, 5.74) is 5.80. The molecule has 3 aromatic rings. The van der Waals surface area contributed by atoms with E-state index in [9.17, 15) is 0 Å². The molecule has 0 amide bonds. The van der Waals surface area contributed by atoms with E-state index in [4.69, 9.17) is 28.9 Å². The van der Waals surface area contributed by atoms with Gasteiger partial charge in [0.25, 0.3) is 0 Å². The smallest absolute Gasteiger partial charge is 0.167 e. The van der Waals surface area contributed by atoms with Crippen molar-refractivity contribution < 1.29 is 35.7 Å². The predicted molar refractivity (Wildman–Crippen MR) is 125 cm³/mol. The number of nitrogens with zero attached hydrogens (tertiary/aromatic N) is 2. The second-order valence-corrected chi connectivity index (χ2v) is 7.14. The first kappa shape index (κ1) is 22.5. The van der Waals surface area contributed by atoms with Gasteiger partial charge in [0, 0.05) is 16.8 Å². The van der Waals surface area contributed by atoms with Crippen LogP contribution in [0.3, 0.4) is 0 Å². The van der Waals surface area contributed by atoms with Crippen LogP contribution in [-0.4, -0.2) is 48.4 Å². The Morgan fingerprint density at radius 3 is 0.939 bits per heavy atom. The number of H-pyrrole nitrogens is 2. The number of aromatic nitrogens is 4. The monoisotopic (exact) mass is 489 g/mol. The van der Waals surface area contributed by atoms with Crippen molar-refractivity contribution in [3.63, 3.8) is 0 Å².